The van der Waals surface area contributed by atoms with E-state index in [4.69, 9.17) is 9.47 Å². The molecule has 5 nitrogen and oxygen atoms in total. The van der Waals surface area contributed by atoms with Gasteiger partial charge in [0.1, 0.15) is 0 Å². The SMILES string of the molecule is COS(=O)(=O)C(F)(F)C(F)(F)C1CC2CC1C1OC3(OC21)C1CC2CC(C1)CC3C2. The summed E-state index contributed by atoms with van der Waals surface area (Å²) < 4.78 is 98.4. The number of ether oxygens (including phenoxy) is 2. The lowest BCUT2D eigenvalue weighted by Crippen LogP contribution is -2.59. The van der Waals surface area contributed by atoms with Gasteiger partial charge in [-0.05, 0) is 68.6 Å². The molecule has 1 heterocycles. The van der Waals surface area contributed by atoms with E-state index in [0.717, 1.165) is 25.7 Å². The van der Waals surface area contributed by atoms with Gasteiger partial charge in [0.25, 0.3) is 0 Å². The van der Waals surface area contributed by atoms with Gasteiger partial charge in [-0.15, -0.1) is 0 Å². The highest BCUT2D eigenvalue weighted by molar-refractivity contribution is 7.87. The zero-order valence-corrected chi connectivity index (χ0v) is 17.4. The fraction of sp³-hybridized carbons (Fsp3) is 1.00. The Labute approximate surface area is 172 Å². The number of alkyl halides is 4. The number of fused-ring (bicyclic) bond motifs is 5. The van der Waals surface area contributed by atoms with Gasteiger partial charge in [-0.25, -0.2) is 0 Å². The van der Waals surface area contributed by atoms with Crippen molar-refractivity contribution >= 4 is 10.1 Å². The number of hydrogen-bond acceptors (Lipinski definition) is 5. The molecule has 0 radical (unpaired) electrons. The molecule has 1 spiro atoms. The van der Waals surface area contributed by atoms with Crippen molar-refractivity contribution in [1.29, 1.82) is 0 Å². The second-order valence-corrected chi connectivity index (χ2v) is 12.2. The largest absolute Gasteiger partial charge is 0.431 e. The Morgan fingerprint density at radius 2 is 1.43 bits per heavy atom. The summed E-state index contributed by atoms with van der Waals surface area (Å²) in [6, 6.07) is 0. The van der Waals surface area contributed by atoms with E-state index < -0.39 is 45.0 Å². The Morgan fingerprint density at radius 1 is 0.867 bits per heavy atom. The molecular formula is C20H26F4O5S. The molecule has 0 amide bonds. The van der Waals surface area contributed by atoms with Gasteiger partial charge in [-0.1, -0.05) is 0 Å². The van der Waals surface area contributed by atoms with E-state index in [-0.39, 0.29) is 30.3 Å². The van der Waals surface area contributed by atoms with Crippen molar-refractivity contribution < 1.29 is 39.6 Å². The molecule has 0 aromatic rings. The van der Waals surface area contributed by atoms with Gasteiger partial charge in [0.2, 0.25) is 0 Å². The van der Waals surface area contributed by atoms with Crippen molar-refractivity contribution in [2.75, 3.05) is 7.11 Å². The smallest absolute Gasteiger partial charge is 0.343 e. The van der Waals surface area contributed by atoms with Crippen LogP contribution in [-0.2, 0) is 23.8 Å². The zero-order chi connectivity index (χ0) is 21.3. The molecule has 0 aromatic carbocycles. The average molecular weight is 454 g/mol. The van der Waals surface area contributed by atoms with Crippen LogP contribution < -0.4 is 0 Å². The maximum absolute atomic E-state index is 14.9. The van der Waals surface area contributed by atoms with Crippen LogP contribution in [0, 0.1) is 41.4 Å². The molecule has 6 bridgehead atoms. The number of hydrogen-bond donors (Lipinski definition) is 0. The van der Waals surface area contributed by atoms with Crippen LogP contribution in [0.3, 0.4) is 0 Å². The summed E-state index contributed by atoms with van der Waals surface area (Å²) in [4.78, 5) is 0. The van der Waals surface area contributed by atoms with Crippen molar-refractivity contribution in [3.63, 3.8) is 0 Å². The minimum absolute atomic E-state index is 0.187. The van der Waals surface area contributed by atoms with Crippen LogP contribution in [0.1, 0.15) is 44.9 Å². The van der Waals surface area contributed by atoms with E-state index >= 15 is 0 Å². The van der Waals surface area contributed by atoms with Gasteiger partial charge in [-0.3, -0.25) is 4.18 Å². The fourth-order valence-corrected chi connectivity index (χ4v) is 8.85. The highest BCUT2D eigenvalue weighted by Crippen LogP contribution is 2.68. The van der Waals surface area contributed by atoms with Crippen LogP contribution in [0.25, 0.3) is 0 Å². The first kappa shape index (κ1) is 20.2. The molecule has 1 saturated heterocycles. The van der Waals surface area contributed by atoms with Gasteiger partial charge in [0.05, 0.1) is 19.3 Å². The predicted octanol–water partition coefficient (Wildman–Crippen LogP) is 3.78. The van der Waals surface area contributed by atoms with Gasteiger partial charge < -0.3 is 9.47 Å². The molecule has 7 aliphatic rings. The summed E-state index contributed by atoms with van der Waals surface area (Å²) in [6.45, 7) is 0. The first-order valence-corrected chi connectivity index (χ1v) is 12.3. The molecule has 1 aliphatic heterocycles. The van der Waals surface area contributed by atoms with Crippen molar-refractivity contribution in [2.45, 2.75) is 74.1 Å². The first-order valence-electron chi connectivity index (χ1n) is 10.9. The lowest BCUT2D eigenvalue weighted by molar-refractivity contribution is -0.304. The minimum Gasteiger partial charge on any atom is -0.343 e. The topological polar surface area (TPSA) is 61.8 Å². The van der Waals surface area contributed by atoms with Gasteiger partial charge in [0, 0.05) is 17.8 Å². The van der Waals surface area contributed by atoms with Gasteiger partial charge in [0.15, 0.2) is 5.79 Å². The maximum Gasteiger partial charge on any atom is 0.431 e. The molecule has 10 heteroatoms. The standard InChI is InChI=1S/C20H26F4O5S/c1-27-30(25,26)20(23,24)19(21,22)15-8-11-7-14(15)17-16(11)28-18(29-17)12-3-9-2-10(5-12)6-13(18)4-9/h9-17H,2-8H2,1H3. The van der Waals surface area contributed by atoms with Crippen LogP contribution in [0.15, 0.2) is 0 Å². The molecule has 6 aliphatic carbocycles. The second-order valence-electron chi connectivity index (χ2n) is 10.5. The van der Waals surface area contributed by atoms with Crippen LogP contribution >= 0.6 is 0 Å². The second kappa shape index (κ2) is 5.91. The van der Waals surface area contributed by atoms with E-state index in [0.29, 0.717) is 25.4 Å². The fourth-order valence-electron chi connectivity index (χ4n) is 8.16. The predicted molar refractivity (Wildman–Crippen MR) is 95.0 cm³/mol. The van der Waals surface area contributed by atoms with Crippen LogP contribution in [0.2, 0.25) is 0 Å². The molecule has 7 rings (SSSR count). The minimum atomic E-state index is -5.73. The third kappa shape index (κ3) is 2.27. The lowest BCUT2D eigenvalue weighted by atomic mass is 9.53. The quantitative estimate of drug-likeness (QED) is 0.478. The molecule has 30 heavy (non-hydrogen) atoms. The highest BCUT2D eigenvalue weighted by atomic mass is 32.2. The van der Waals surface area contributed by atoms with Gasteiger partial charge in [-0.2, -0.15) is 26.0 Å². The third-order valence-electron chi connectivity index (χ3n) is 9.16. The van der Waals surface area contributed by atoms with E-state index in [1.807, 2.05) is 0 Å². The Bertz CT molecular complexity index is 833. The summed E-state index contributed by atoms with van der Waals surface area (Å²) in [5, 5.41) is -5.29. The Balaban J connectivity index is 1.28. The maximum atomic E-state index is 14.9. The Hall–Kier alpha value is -0.450. The van der Waals surface area contributed by atoms with E-state index in [1.165, 1.54) is 6.42 Å². The van der Waals surface area contributed by atoms with Crippen LogP contribution in [0.5, 0.6) is 0 Å². The van der Waals surface area contributed by atoms with E-state index in [1.54, 1.807) is 0 Å². The number of halogens is 4. The normalized spacial score (nSPS) is 51.8. The van der Waals surface area contributed by atoms with Crippen molar-refractivity contribution in [1.82, 2.24) is 0 Å². The van der Waals surface area contributed by atoms with E-state index in [9.17, 15) is 26.0 Å². The van der Waals surface area contributed by atoms with Gasteiger partial charge >= 0.3 is 21.3 Å². The molecule has 0 N–H and O–H groups in total. The van der Waals surface area contributed by atoms with E-state index in [2.05, 4.69) is 4.18 Å². The van der Waals surface area contributed by atoms with Crippen LogP contribution in [0.4, 0.5) is 17.6 Å². The highest BCUT2D eigenvalue weighted by Gasteiger charge is 2.77. The van der Waals surface area contributed by atoms with Crippen molar-refractivity contribution in [2.24, 2.45) is 41.4 Å². The van der Waals surface area contributed by atoms with Crippen molar-refractivity contribution in [3.05, 3.63) is 0 Å². The first-order chi connectivity index (χ1) is 14.0. The average Bonchev–Trinajstić information content (AvgIpc) is 3.36. The molecular weight excluding hydrogens is 428 g/mol. The lowest BCUT2D eigenvalue weighted by Gasteiger charge is -2.58. The number of rotatable bonds is 4. The third-order valence-corrected chi connectivity index (χ3v) is 10.5. The Morgan fingerprint density at radius 3 is 2.00 bits per heavy atom. The summed E-state index contributed by atoms with van der Waals surface area (Å²) in [7, 11) is -5.26. The molecule has 6 saturated carbocycles. The summed E-state index contributed by atoms with van der Waals surface area (Å²) in [5.74, 6) is -6.59. The summed E-state index contributed by atoms with van der Waals surface area (Å²) in [5.41, 5.74) is 0. The Kier molecular flexibility index (Phi) is 3.98. The monoisotopic (exact) mass is 454 g/mol. The summed E-state index contributed by atoms with van der Waals surface area (Å²) in [6.07, 6.45) is 4.42. The van der Waals surface area contributed by atoms with Crippen molar-refractivity contribution in [3.8, 4) is 0 Å². The molecule has 7 fully saturated rings. The summed E-state index contributed by atoms with van der Waals surface area (Å²) >= 11 is 0. The molecule has 5 atom stereocenters. The zero-order valence-electron chi connectivity index (χ0n) is 16.6. The molecule has 170 valence electrons. The molecule has 5 unspecified atom stereocenters. The molecule has 0 aromatic heterocycles. The van der Waals surface area contributed by atoms with Crippen LogP contribution in [-0.4, -0.2) is 44.7 Å².